The first-order valence-electron chi connectivity index (χ1n) is 5.55. The fourth-order valence-corrected chi connectivity index (χ4v) is 1.67. The Morgan fingerprint density at radius 2 is 2.00 bits per heavy atom. The Kier molecular flexibility index (Phi) is 5.78. The topological polar surface area (TPSA) is 43.4 Å². The van der Waals surface area contributed by atoms with Crippen LogP contribution in [0.1, 0.15) is 24.8 Å². The molecule has 0 bridgehead atoms. The van der Waals surface area contributed by atoms with E-state index in [0.29, 0.717) is 10.6 Å². The van der Waals surface area contributed by atoms with Crippen LogP contribution in [0.2, 0.25) is 5.02 Å². The number of methoxy groups -OCH3 is 1. The predicted octanol–water partition coefficient (Wildman–Crippen LogP) is 2.93. The molecule has 98 valence electrons. The number of ketones is 1. The minimum Gasteiger partial charge on any atom is -0.469 e. The number of Topliss-reactive ketones (excluding diaryl/α,β-unsaturated/α-hetero) is 1. The molecule has 1 rings (SSSR count). The van der Waals surface area contributed by atoms with Crippen molar-refractivity contribution in [3.8, 4) is 0 Å². The van der Waals surface area contributed by atoms with Crippen molar-refractivity contribution in [3.05, 3.63) is 34.6 Å². The van der Waals surface area contributed by atoms with Gasteiger partial charge in [-0.15, -0.1) is 0 Å². The third-order valence-electron chi connectivity index (χ3n) is 2.52. The van der Waals surface area contributed by atoms with E-state index >= 15 is 0 Å². The van der Waals surface area contributed by atoms with E-state index in [2.05, 4.69) is 4.74 Å². The summed E-state index contributed by atoms with van der Waals surface area (Å²) in [6.45, 7) is 0. The third kappa shape index (κ3) is 4.84. The van der Waals surface area contributed by atoms with Crippen LogP contribution in [0.3, 0.4) is 0 Å². The smallest absolute Gasteiger partial charge is 0.305 e. The molecule has 0 heterocycles. The second-order valence-electron chi connectivity index (χ2n) is 3.85. The number of rotatable bonds is 6. The second-order valence-corrected chi connectivity index (χ2v) is 4.29. The molecule has 0 atom stereocenters. The summed E-state index contributed by atoms with van der Waals surface area (Å²) in [5, 5.41) is 0.438. The van der Waals surface area contributed by atoms with Crippen LogP contribution in [-0.4, -0.2) is 18.9 Å². The van der Waals surface area contributed by atoms with Gasteiger partial charge in [0.1, 0.15) is 11.6 Å². The van der Waals surface area contributed by atoms with Crippen molar-refractivity contribution in [2.24, 2.45) is 0 Å². The molecule has 0 unspecified atom stereocenters. The van der Waals surface area contributed by atoms with Crippen LogP contribution in [0, 0.1) is 5.82 Å². The van der Waals surface area contributed by atoms with Crippen LogP contribution in [0.5, 0.6) is 0 Å². The number of esters is 1. The zero-order chi connectivity index (χ0) is 13.5. The van der Waals surface area contributed by atoms with Gasteiger partial charge in [0.25, 0.3) is 0 Å². The molecular formula is C13H14ClFO3. The largest absolute Gasteiger partial charge is 0.469 e. The van der Waals surface area contributed by atoms with Crippen LogP contribution in [0.4, 0.5) is 4.39 Å². The lowest BCUT2D eigenvalue weighted by Crippen LogP contribution is -2.06. The molecule has 0 aliphatic heterocycles. The lowest BCUT2D eigenvalue weighted by atomic mass is 10.0. The highest BCUT2D eigenvalue weighted by atomic mass is 35.5. The van der Waals surface area contributed by atoms with Crippen molar-refractivity contribution < 1.29 is 18.7 Å². The fraction of sp³-hybridized carbons (Fsp3) is 0.385. The van der Waals surface area contributed by atoms with Gasteiger partial charge in [-0.2, -0.15) is 0 Å². The highest BCUT2D eigenvalue weighted by Gasteiger charge is 2.09. The van der Waals surface area contributed by atoms with E-state index in [9.17, 15) is 14.0 Å². The van der Waals surface area contributed by atoms with Gasteiger partial charge in [-0.05, 0) is 30.2 Å². The molecule has 0 saturated carbocycles. The lowest BCUT2D eigenvalue weighted by molar-refractivity contribution is -0.141. The summed E-state index contributed by atoms with van der Waals surface area (Å²) in [5.74, 6) is -0.891. The zero-order valence-corrected chi connectivity index (χ0v) is 10.8. The van der Waals surface area contributed by atoms with Crippen LogP contribution >= 0.6 is 11.6 Å². The van der Waals surface area contributed by atoms with Gasteiger partial charge in [0.2, 0.25) is 0 Å². The summed E-state index contributed by atoms with van der Waals surface area (Å²) < 4.78 is 17.8. The van der Waals surface area contributed by atoms with Gasteiger partial charge in [-0.25, -0.2) is 4.39 Å². The van der Waals surface area contributed by atoms with E-state index in [-0.39, 0.29) is 37.3 Å². The summed E-state index contributed by atoms with van der Waals surface area (Å²) in [6, 6.07) is 4.24. The molecule has 5 heteroatoms. The first-order valence-corrected chi connectivity index (χ1v) is 5.93. The molecule has 3 nitrogen and oxygen atoms in total. The zero-order valence-electron chi connectivity index (χ0n) is 10.0. The molecule has 0 fully saturated rings. The Hall–Kier alpha value is -1.42. The summed E-state index contributed by atoms with van der Waals surface area (Å²) in [5.41, 5.74) is 0.411. The van der Waals surface area contributed by atoms with Crippen molar-refractivity contribution in [2.75, 3.05) is 7.11 Å². The van der Waals surface area contributed by atoms with E-state index in [1.54, 1.807) is 0 Å². The van der Waals surface area contributed by atoms with Gasteiger partial charge in [0, 0.05) is 17.9 Å². The minimum atomic E-state index is -0.419. The van der Waals surface area contributed by atoms with Gasteiger partial charge >= 0.3 is 5.97 Å². The average Bonchev–Trinajstić information content (AvgIpc) is 2.36. The number of benzene rings is 1. The summed E-state index contributed by atoms with van der Waals surface area (Å²) in [4.78, 5) is 22.3. The monoisotopic (exact) mass is 272 g/mol. The van der Waals surface area contributed by atoms with E-state index in [4.69, 9.17) is 11.6 Å². The maximum absolute atomic E-state index is 13.3. The first kappa shape index (κ1) is 14.6. The molecule has 0 N–H and O–H groups in total. The lowest BCUT2D eigenvalue weighted by Gasteiger charge is -2.03. The SMILES string of the molecule is COC(=O)CCC(=O)CCc1cc(Cl)ccc1F. The third-order valence-corrected chi connectivity index (χ3v) is 2.75. The molecule has 0 spiro atoms. The molecule has 1 aromatic carbocycles. The van der Waals surface area contributed by atoms with E-state index in [1.807, 2.05) is 0 Å². The number of carbonyl (C=O) groups is 2. The van der Waals surface area contributed by atoms with E-state index < -0.39 is 5.97 Å². The van der Waals surface area contributed by atoms with Crippen LogP contribution < -0.4 is 0 Å². The van der Waals surface area contributed by atoms with Gasteiger partial charge in [-0.3, -0.25) is 9.59 Å². The Morgan fingerprint density at radius 1 is 1.28 bits per heavy atom. The van der Waals surface area contributed by atoms with Crippen molar-refractivity contribution in [1.29, 1.82) is 0 Å². The fourth-order valence-electron chi connectivity index (χ4n) is 1.48. The second kappa shape index (κ2) is 7.11. The molecule has 1 aromatic rings. The molecule has 0 aliphatic rings. The number of aryl methyl sites for hydroxylation is 1. The van der Waals surface area contributed by atoms with E-state index in [0.717, 1.165) is 0 Å². The molecule has 18 heavy (non-hydrogen) atoms. The van der Waals surface area contributed by atoms with Crippen molar-refractivity contribution >= 4 is 23.4 Å². The first-order chi connectivity index (χ1) is 8.52. The average molecular weight is 273 g/mol. The Bertz CT molecular complexity index is 446. The minimum absolute atomic E-state index is 0.0629. The van der Waals surface area contributed by atoms with Crippen molar-refractivity contribution in [2.45, 2.75) is 25.7 Å². The highest BCUT2D eigenvalue weighted by molar-refractivity contribution is 6.30. The summed E-state index contributed by atoms with van der Waals surface area (Å²) in [6.07, 6.45) is 0.656. The Morgan fingerprint density at radius 3 is 2.67 bits per heavy atom. The standard InChI is InChI=1S/C13H14ClFO3/c1-18-13(17)7-5-11(16)4-2-9-8-10(14)3-6-12(9)15/h3,6,8H,2,4-5,7H2,1H3. The molecular weight excluding hydrogens is 259 g/mol. The molecule has 0 aliphatic carbocycles. The van der Waals surface area contributed by atoms with Gasteiger partial charge in [-0.1, -0.05) is 11.6 Å². The maximum atomic E-state index is 13.3. The quantitative estimate of drug-likeness (QED) is 0.748. The van der Waals surface area contributed by atoms with Crippen molar-refractivity contribution in [1.82, 2.24) is 0 Å². The molecule has 0 amide bonds. The number of hydrogen-bond donors (Lipinski definition) is 0. The number of hydrogen-bond acceptors (Lipinski definition) is 3. The van der Waals surface area contributed by atoms with Gasteiger partial charge < -0.3 is 4.74 Å². The Labute approximate surface area is 110 Å². The van der Waals surface area contributed by atoms with Crippen LogP contribution in [0.25, 0.3) is 0 Å². The summed E-state index contributed by atoms with van der Waals surface area (Å²) >= 11 is 5.74. The van der Waals surface area contributed by atoms with Gasteiger partial charge in [0.05, 0.1) is 13.5 Å². The van der Waals surface area contributed by atoms with Crippen LogP contribution in [0.15, 0.2) is 18.2 Å². The van der Waals surface area contributed by atoms with Crippen molar-refractivity contribution in [3.63, 3.8) is 0 Å². The molecule has 0 saturated heterocycles. The summed E-state index contributed by atoms with van der Waals surface area (Å²) in [7, 11) is 1.27. The van der Waals surface area contributed by atoms with E-state index in [1.165, 1.54) is 25.3 Å². The molecule has 0 aromatic heterocycles. The number of carbonyl (C=O) groups excluding carboxylic acids is 2. The van der Waals surface area contributed by atoms with Crippen LogP contribution in [-0.2, 0) is 20.7 Å². The Balaban J connectivity index is 2.42. The highest BCUT2D eigenvalue weighted by Crippen LogP contribution is 2.16. The normalized spacial score (nSPS) is 10.2. The number of ether oxygens (including phenoxy) is 1. The predicted molar refractivity (Wildman–Crippen MR) is 66.0 cm³/mol. The maximum Gasteiger partial charge on any atom is 0.305 e. The molecule has 0 radical (unpaired) electrons. The number of halogens is 2. The van der Waals surface area contributed by atoms with Gasteiger partial charge in [0.15, 0.2) is 0 Å².